The first-order valence-corrected chi connectivity index (χ1v) is 6.97. The lowest BCUT2D eigenvalue weighted by atomic mass is 10.4. The van der Waals surface area contributed by atoms with Crippen molar-refractivity contribution in [2.24, 2.45) is 4.99 Å². The van der Waals surface area contributed by atoms with E-state index in [0.717, 1.165) is 6.42 Å². The zero-order valence-corrected chi connectivity index (χ0v) is 15.5. The van der Waals surface area contributed by atoms with Crippen LogP contribution < -0.4 is 10.6 Å². The number of halogens is 2. The normalized spacial score (nSPS) is 10.8. The average Bonchev–Trinajstić information content (AvgIpc) is 2.43. The van der Waals surface area contributed by atoms with E-state index >= 15 is 0 Å². The number of carbonyl (C=O) groups excluding carboxylic acids is 1. The number of alkyl halides is 1. The van der Waals surface area contributed by atoms with Gasteiger partial charge in [-0.1, -0.05) is 0 Å². The second kappa shape index (κ2) is 15.7. The fourth-order valence-electron chi connectivity index (χ4n) is 1.26. The quantitative estimate of drug-likeness (QED) is 0.241. The van der Waals surface area contributed by atoms with Gasteiger partial charge in [0, 0.05) is 40.4 Å². The summed E-state index contributed by atoms with van der Waals surface area (Å²) < 4.78 is 17.3. The molecule has 0 aromatic carbocycles. The summed E-state index contributed by atoms with van der Waals surface area (Å²) >= 11 is 0. The van der Waals surface area contributed by atoms with Gasteiger partial charge in [-0.25, -0.2) is 4.99 Å². The number of aliphatic imine (C=N–C) groups is 1. The van der Waals surface area contributed by atoms with Crippen molar-refractivity contribution in [3.05, 3.63) is 0 Å². The maximum Gasteiger partial charge on any atom is 0.243 e. The van der Waals surface area contributed by atoms with Gasteiger partial charge in [0.1, 0.15) is 6.54 Å². The first kappa shape index (κ1) is 22.6. The molecule has 8 heteroatoms. The summed E-state index contributed by atoms with van der Waals surface area (Å²) in [7, 11) is 3.37. The molecule has 0 atom stereocenters. The summed E-state index contributed by atoms with van der Waals surface area (Å²) in [5.41, 5.74) is 0. The molecule has 21 heavy (non-hydrogen) atoms. The highest BCUT2D eigenvalue weighted by molar-refractivity contribution is 14.0. The Kier molecular flexibility index (Phi) is 17.0. The van der Waals surface area contributed by atoms with Crippen LogP contribution in [0.1, 0.15) is 19.8 Å². The number of hydrogen-bond acceptors (Lipinski definition) is 3. The summed E-state index contributed by atoms with van der Waals surface area (Å²) in [5.74, 6) is 0.455. The van der Waals surface area contributed by atoms with Crippen molar-refractivity contribution in [2.45, 2.75) is 19.8 Å². The van der Waals surface area contributed by atoms with Crippen molar-refractivity contribution in [3.8, 4) is 0 Å². The topological polar surface area (TPSA) is 66.0 Å². The molecule has 0 aromatic rings. The molecular weight excluding hydrogens is 390 g/mol. The lowest BCUT2D eigenvalue weighted by Crippen LogP contribution is -2.39. The van der Waals surface area contributed by atoms with Crippen LogP contribution in [0.2, 0.25) is 0 Å². The monoisotopic (exact) mass is 418 g/mol. The number of hydrogen-bond donors (Lipinski definition) is 2. The summed E-state index contributed by atoms with van der Waals surface area (Å²) in [5, 5.41) is 6.09. The van der Waals surface area contributed by atoms with Gasteiger partial charge in [0.25, 0.3) is 0 Å². The molecule has 126 valence electrons. The van der Waals surface area contributed by atoms with Crippen molar-refractivity contribution in [1.82, 2.24) is 15.5 Å². The molecule has 0 heterocycles. The van der Waals surface area contributed by atoms with Crippen molar-refractivity contribution < 1.29 is 13.9 Å². The molecule has 0 unspecified atom stereocenters. The lowest BCUT2D eigenvalue weighted by Gasteiger charge is -2.13. The Labute approximate surface area is 143 Å². The van der Waals surface area contributed by atoms with Gasteiger partial charge in [-0.2, -0.15) is 0 Å². The molecule has 0 aromatic heterocycles. The summed E-state index contributed by atoms with van der Waals surface area (Å²) in [6, 6.07) is 0. The molecule has 1 amide bonds. The SMILES string of the molecule is CCOCCCNC(=NCC(=O)N(C)C)NCCCF.I. The van der Waals surface area contributed by atoms with E-state index in [-0.39, 0.29) is 43.1 Å². The highest BCUT2D eigenvalue weighted by atomic mass is 127. The summed E-state index contributed by atoms with van der Waals surface area (Å²) in [4.78, 5) is 17.1. The largest absolute Gasteiger partial charge is 0.382 e. The molecule has 0 bridgehead atoms. The first-order valence-electron chi connectivity index (χ1n) is 6.97. The first-order chi connectivity index (χ1) is 9.61. The highest BCUT2D eigenvalue weighted by Crippen LogP contribution is 1.85. The molecule has 0 fully saturated rings. The molecule has 0 aliphatic rings. The van der Waals surface area contributed by atoms with E-state index < -0.39 is 0 Å². The Balaban J connectivity index is 0. The number of nitrogens with zero attached hydrogens (tertiary/aromatic N) is 2. The minimum atomic E-state index is -0.374. The van der Waals surface area contributed by atoms with Crippen LogP contribution in [0.3, 0.4) is 0 Å². The van der Waals surface area contributed by atoms with Crippen molar-refractivity contribution in [1.29, 1.82) is 0 Å². The molecule has 0 saturated carbocycles. The Bertz CT molecular complexity index is 291. The van der Waals surface area contributed by atoms with Crippen LogP contribution in [0.4, 0.5) is 4.39 Å². The molecule has 0 spiro atoms. The second-order valence-corrected chi connectivity index (χ2v) is 4.40. The van der Waals surface area contributed by atoms with E-state index in [4.69, 9.17) is 4.74 Å². The van der Waals surface area contributed by atoms with Gasteiger partial charge in [0.2, 0.25) is 5.91 Å². The smallest absolute Gasteiger partial charge is 0.243 e. The molecule has 0 rings (SSSR count). The fourth-order valence-corrected chi connectivity index (χ4v) is 1.26. The van der Waals surface area contributed by atoms with Gasteiger partial charge in [-0.3, -0.25) is 9.18 Å². The summed E-state index contributed by atoms with van der Waals surface area (Å²) in [6.07, 6.45) is 1.26. The van der Waals surface area contributed by atoms with Crippen LogP contribution in [0.25, 0.3) is 0 Å². The Morgan fingerprint density at radius 1 is 1.24 bits per heavy atom. The zero-order valence-electron chi connectivity index (χ0n) is 13.2. The van der Waals surface area contributed by atoms with Crippen LogP contribution in [-0.2, 0) is 9.53 Å². The predicted octanol–water partition coefficient (Wildman–Crippen LogP) is 1.01. The van der Waals surface area contributed by atoms with Crippen LogP contribution >= 0.6 is 24.0 Å². The zero-order chi connectivity index (χ0) is 15.2. The Morgan fingerprint density at radius 2 is 1.86 bits per heavy atom. The van der Waals surface area contributed by atoms with E-state index in [1.807, 2.05) is 6.92 Å². The molecule has 0 aliphatic carbocycles. The Hall–Kier alpha value is -0.640. The molecule has 2 N–H and O–H groups in total. The fraction of sp³-hybridized carbons (Fsp3) is 0.846. The third-order valence-electron chi connectivity index (χ3n) is 2.44. The highest BCUT2D eigenvalue weighted by Gasteiger charge is 2.04. The molecule has 0 aliphatic heterocycles. The van der Waals surface area contributed by atoms with Gasteiger partial charge in [-0.15, -0.1) is 24.0 Å². The van der Waals surface area contributed by atoms with Crippen LogP contribution in [-0.4, -0.2) is 70.4 Å². The van der Waals surface area contributed by atoms with E-state index in [0.29, 0.717) is 38.7 Å². The number of rotatable bonds is 10. The van der Waals surface area contributed by atoms with E-state index in [1.54, 1.807) is 14.1 Å². The van der Waals surface area contributed by atoms with E-state index in [9.17, 15) is 9.18 Å². The standard InChI is InChI=1S/C13H27FN4O2.HI/c1-4-20-10-6-9-16-13(15-8-5-7-14)17-11-12(19)18(2)3;/h4-11H2,1-3H3,(H2,15,16,17);1H. The molecule has 6 nitrogen and oxygen atoms in total. The van der Waals surface area contributed by atoms with Gasteiger partial charge < -0.3 is 20.3 Å². The second-order valence-electron chi connectivity index (χ2n) is 4.40. The third kappa shape index (κ3) is 14.1. The number of amides is 1. The molecule has 0 radical (unpaired) electrons. The number of guanidine groups is 1. The van der Waals surface area contributed by atoms with Crippen LogP contribution in [0.5, 0.6) is 0 Å². The maximum atomic E-state index is 12.1. The minimum Gasteiger partial charge on any atom is -0.382 e. The maximum absolute atomic E-state index is 12.1. The molecule has 0 saturated heterocycles. The van der Waals surface area contributed by atoms with Crippen molar-refractivity contribution in [3.63, 3.8) is 0 Å². The van der Waals surface area contributed by atoms with Gasteiger partial charge in [-0.05, 0) is 19.8 Å². The average molecular weight is 418 g/mol. The summed E-state index contributed by atoms with van der Waals surface area (Å²) in [6.45, 7) is 4.21. The predicted molar refractivity (Wildman–Crippen MR) is 94.1 cm³/mol. The minimum absolute atomic E-state index is 0. The van der Waals surface area contributed by atoms with Crippen molar-refractivity contribution >= 4 is 35.8 Å². The molecular formula is C13H28FIN4O2. The van der Waals surface area contributed by atoms with Crippen LogP contribution in [0.15, 0.2) is 4.99 Å². The lowest BCUT2D eigenvalue weighted by molar-refractivity contribution is -0.127. The number of ether oxygens (including phenoxy) is 1. The third-order valence-corrected chi connectivity index (χ3v) is 2.44. The van der Waals surface area contributed by atoms with Gasteiger partial charge in [0.15, 0.2) is 5.96 Å². The Morgan fingerprint density at radius 3 is 2.38 bits per heavy atom. The van der Waals surface area contributed by atoms with E-state index in [2.05, 4.69) is 15.6 Å². The van der Waals surface area contributed by atoms with Crippen LogP contribution in [0, 0.1) is 0 Å². The van der Waals surface area contributed by atoms with Gasteiger partial charge >= 0.3 is 0 Å². The van der Waals surface area contributed by atoms with E-state index in [1.165, 1.54) is 4.90 Å². The number of likely N-dealkylation sites (N-methyl/N-ethyl adjacent to an activating group) is 1. The van der Waals surface area contributed by atoms with Crippen molar-refractivity contribution in [2.75, 3.05) is 53.6 Å². The number of nitrogens with one attached hydrogen (secondary N) is 2. The number of carbonyl (C=O) groups is 1. The van der Waals surface area contributed by atoms with Gasteiger partial charge in [0.05, 0.1) is 6.67 Å².